The van der Waals surface area contributed by atoms with Crippen molar-refractivity contribution in [1.29, 1.82) is 0 Å². The first-order valence-electron chi connectivity index (χ1n) is 24.6. The molecule has 8 heterocycles. The predicted molar refractivity (Wildman–Crippen MR) is 320 cm³/mol. The van der Waals surface area contributed by atoms with E-state index in [1.807, 2.05) is 107 Å². The number of ether oxygens (including phenoxy) is 1. The minimum atomic E-state index is -0.317. The minimum Gasteiger partial charge on any atom is -0.466 e. The van der Waals surface area contributed by atoms with Gasteiger partial charge < -0.3 is 25.6 Å². The molecule has 5 N–H and O–H groups in total. The lowest BCUT2D eigenvalue weighted by atomic mass is 10.1. The molecule has 0 spiro atoms. The summed E-state index contributed by atoms with van der Waals surface area (Å²) in [5.41, 5.74) is 6.88. The lowest BCUT2D eigenvalue weighted by Crippen LogP contribution is -2.19. The average molecular weight is 1210 g/mol. The minimum absolute atomic E-state index is 0. The van der Waals surface area contributed by atoms with Crippen molar-refractivity contribution in [3.05, 3.63) is 122 Å². The molecule has 0 saturated carbocycles. The molecule has 8 aromatic heterocycles. The van der Waals surface area contributed by atoms with Gasteiger partial charge in [-0.05, 0) is 125 Å². The van der Waals surface area contributed by atoms with Crippen LogP contribution in [0.2, 0.25) is 0 Å². The average Bonchev–Trinajstić information content (AvgIpc) is 4.27. The van der Waals surface area contributed by atoms with Gasteiger partial charge in [-0.25, -0.2) is 25.4 Å². The number of halogens is 1. The van der Waals surface area contributed by atoms with Crippen molar-refractivity contribution in [3.8, 4) is 0 Å². The van der Waals surface area contributed by atoms with E-state index in [0.29, 0.717) is 24.6 Å². The van der Waals surface area contributed by atoms with Gasteiger partial charge >= 0.3 is 5.97 Å². The SMILES string of the molecule is Brc1ccccn1.C.C.CCOC(=O)CCCCCCCN(c1ccccn1)c1nnc(C)s1.Cc1nnc(N(CCCCCCCC(=O)NO)c2ccccn2)s1.Cc1nnc(N)s1.Cc1nnc(Nc2ccccn2)s1. The molecule has 0 aliphatic carbocycles. The van der Waals surface area contributed by atoms with Crippen molar-refractivity contribution in [2.24, 2.45) is 0 Å². The van der Waals surface area contributed by atoms with E-state index >= 15 is 0 Å². The third kappa shape index (κ3) is 28.7. The number of anilines is 7. The Hall–Kier alpha value is -6.58. The largest absolute Gasteiger partial charge is 0.466 e. The fourth-order valence-corrected chi connectivity index (χ4v) is 9.21. The van der Waals surface area contributed by atoms with Gasteiger partial charge in [0.2, 0.25) is 26.4 Å². The van der Waals surface area contributed by atoms with Crippen LogP contribution in [0.1, 0.15) is 119 Å². The Morgan fingerprint density at radius 2 is 1.03 bits per heavy atom. The van der Waals surface area contributed by atoms with Crippen molar-refractivity contribution >= 4 is 111 Å². The third-order valence-corrected chi connectivity index (χ3v) is 13.5. The van der Waals surface area contributed by atoms with Gasteiger partial charge in [0.1, 0.15) is 42.1 Å². The monoisotopic (exact) mass is 1210 g/mol. The van der Waals surface area contributed by atoms with Crippen molar-refractivity contribution in [1.82, 2.24) is 66.2 Å². The van der Waals surface area contributed by atoms with Gasteiger partial charge in [0.05, 0.1) is 6.61 Å². The van der Waals surface area contributed by atoms with E-state index in [1.54, 1.807) is 52.9 Å². The zero-order valence-electron chi connectivity index (χ0n) is 43.4. The lowest BCUT2D eigenvalue weighted by Gasteiger charge is -2.20. The molecule has 8 aromatic rings. The highest BCUT2D eigenvalue weighted by molar-refractivity contribution is 9.10. The summed E-state index contributed by atoms with van der Waals surface area (Å²) in [6, 6.07) is 23.1. The molecule has 0 unspecified atom stereocenters. The normalized spacial score (nSPS) is 9.94. The number of unbranched alkanes of at least 4 members (excludes halogenated alkanes) is 8. The van der Waals surface area contributed by atoms with Crippen molar-refractivity contribution in [3.63, 3.8) is 0 Å². The number of amides is 1. The summed E-state index contributed by atoms with van der Waals surface area (Å²) in [6.07, 6.45) is 18.1. The van der Waals surface area contributed by atoms with Crippen LogP contribution in [-0.2, 0) is 14.3 Å². The Morgan fingerprint density at radius 3 is 1.40 bits per heavy atom. The second kappa shape index (κ2) is 40.6. The van der Waals surface area contributed by atoms with Crippen LogP contribution in [-0.4, -0.2) is 97.5 Å². The topological polar surface area (TPSA) is 275 Å². The summed E-state index contributed by atoms with van der Waals surface area (Å²) in [5, 5.41) is 50.1. The summed E-state index contributed by atoms with van der Waals surface area (Å²) < 4.78 is 5.82. The van der Waals surface area contributed by atoms with E-state index in [2.05, 4.69) is 91.8 Å². The van der Waals surface area contributed by atoms with Gasteiger partial charge in [0.15, 0.2) is 0 Å². The molecule has 21 nitrogen and oxygen atoms in total. The van der Waals surface area contributed by atoms with E-state index in [4.69, 9.17) is 15.7 Å². The number of nitrogen functional groups attached to an aromatic ring is 1. The zero-order chi connectivity index (χ0) is 54.6. The van der Waals surface area contributed by atoms with Crippen LogP contribution in [0.5, 0.6) is 0 Å². The quantitative estimate of drug-likeness (QED) is 0.0152. The van der Waals surface area contributed by atoms with Crippen LogP contribution in [0.4, 0.5) is 38.0 Å². The number of pyridine rings is 4. The van der Waals surface area contributed by atoms with Crippen molar-refractivity contribution in [2.75, 3.05) is 40.5 Å². The molecule has 422 valence electrons. The summed E-state index contributed by atoms with van der Waals surface area (Å²) >= 11 is 9.25. The van der Waals surface area contributed by atoms with Crippen molar-refractivity contribution in [2.45, 2.75) is 127 Å². The number of aryl methyl sites for hydroxylation is 4. The zero-order valence-corrected chi connectivity index (χ0v) is 48.2. The summed E-state index contributed by atoms with van der Waals surface area (Å²) in [6.45, 7) is 11.7. The number of hydrogen-bond acceptors (Lipinski definition) is 24. The van der Waals surface area contributed by atoms with Crippen LogP contribution in [0, 0.1) is 27.7 Å². The Labute approximate surface area is 483 Å². The number of hydroxylamine groups is 1. The molecule has 0 aliphatic rings. The summed E-state index contributed by atoms with van der Waals surface area (Å²) in [5.74, 6) is 2.17. The van der Waals surface area contributed by atoms with E-state index in [0.717, 1.165) is 135 Å². The molecule has 0 saturated heterocycles. The molecule has 0 aliphatic heterocycles. The highest BCUT2D eigenvalue weighted by Gasteiger charge is 2.16. The standard InChI is InChI=1S/C18H26N4O2S.C16H23N5O2S.C8H8N4S.C5H4BrN.C3H5N3S.2CH4/c1-3-24-17(23)12-7-5-4-6-10-14-22(16-11-8-9-13-19-16)18-21-20-15(2)25-18;1-13-18-19-16(24-13)21(14-9-6-7-11-17-14)12-8-4-2-3-5-10-15(22)20-23;1-6-11-12-8(13-6)10-7-4-2-3-5-9-7;6-5-3-1-2-4-7-5;1-2-5-6-3(4)7-2;;/h8-9,11,13H,3-7,10,12,14H2,1-2H3;6-7,9,11,23H,2-5,8,10,12H2,1H3,(H,20,22);2-5H,1H3,(H,9,10,12);1-4H;1H3,(H2,4,6);2*1H4. The molecule has 0 atom stereocenters. The van der Waals surface area contributed by atoms with E-state index in [9.17, 15) is 9.59 Å². The van der Waals surface area contributed by atoms with Gasteiger partial charge in [-0.2, -0.15) is 0 Å². The predicted octanol–water partition coefficient (Wildman–Crippen LogP) is 13.0. The van der Waals surface area contributed by atoms with Gasteiger partial charge in [-0.3, -0.25) is 14.8 Å². The van der Waals surface area contributed by atoms with Crippen LogP contribution in [0.25, 0.3) is 0 Å². The second-order valence-electron chi connectivity index (χ2n) is 16.0. The number of rotatable bonds is 23. The fourth-order valence-electron chi connectivity index (χ4n) is 6.43. The van der Waals surface area contributed by atoms with Gasteiger partial charge in [0, 0.05) is 50.7 Å². The van der Waals surface area contributed by atoms with Crippen LogP contribution in [0.3, 0.4) is 0 Å². The lowest BCUT2D eigenvalue weighted by molar-refractivity contribution is -0.143. The number of carbonyl (C=O) groups is 2. The maximum atomic E-state index is 11.3. The summed E-state index contributed by atoms with van der Waals surface area (Å²) in [7, 11) is 0. The Balaban J connectivity index is 0.000000360. The first-order valence-corrected chi connectivity index (χ1v) is 28.7. The second-order valence-corrected chi connectivity index (χ2v) is 21.6. The molecule has 8 rings (SSSR count). The smallest absolute Gasteiger partial charge is 0.305 e. The number of nitrogens with two attached hydrogens (primary N) is 1. The maximum Gasteiger partial charge on any atom is 0.305 e. The molecule has 1 amide bonds. The van der Waals surface area contributed by atoms with Crippen LogP contribution < -0.4 is 26.3 Å². The van der Waals surface area contributed by atoms with Crippen molar-refractivity contribution < 1.29 is 19.5 Å². The van der Waals surface area contributed by atoms with Crippen LogP contribution in [0.15, 0.2) is 102 Å². The van der Waals surface area contributed by atoms with Gasteiger partial charge in [-0.1, -0.05) is 123 Å². The molecule has 0 aromatic carbocycles. The highest BCUT2D eigenvalue weighted by atomic mass is 79.9. The number of nitrogens with zero attached hydrogens (tertiary/aromatic N) is 14. The molecule has 0 radical (unpaired) electrons. The first-order chi connectivity index (χ1) is 36.9. The number of aromatic nitrogens is 12. The van der Waals surface area contributed by atoms with E-state index in [-0.39, 0.29) is 26.7 Å². The number of carbonyl (C=O) groups excluding carboxylic acids is 2. The van der Waals surface area contributed by atoms with E-state index in [1.165, 1.54) is 22.7 Å². The summed E-state index contributed by atoms with van der Waals surface area (Å²) in [4.78, 5) is 43.3. The molecular formula is C52H74BrN17O4S4. The molecular weight excluding hydrogens is 1130 g/mol. The van der Waals surface area contributed by atoms with Gasteiger partial charge in [-0.15, -0.1) is 40.8 Å². The Kier molecular flexibility index (Phi) is 35.2. The number of hydrogen-bond donors (Lipinski definition) is 4. The molecule has 0 bridgehead atoms. The van der Waals surface area contributed by atoms with Crippen LogP contribution >= 0.6 is 61.3 Å². The Bertz CT molecular complexity index is 2740. The molecule has 0 fully saturated rings. The first kappa shape index (κ1) is 67.5. The number of nitrogens with one attached hydrogen (secondary N) is 2. The molecule has 78 heavy (non-hydrogen) atoms. The van der Waals surface area contributed by atoms with Gasteiger partial charge in [0.25, 0.3) is 0 Å². The maximum absolute atomic E-state index is 11.3. The Morgan fingerprint density at radius 1 is 0.564 bits per heavy atom. The third-order valence-electron chi connectivity index (χ3n) is 9.92. The van der Waals surface area contributed by atoms with E-state index < -0.39 is 0 Å². The molecule has 26 heteroatoms. The fraction of sp³-hybridized carbons (Fsp3) is 0.423. The highest BCUT2D eigenvalue weighted by Crippen LogP contribution is 2.28. The number of esters is 1.